The van der Waals surface area contributed by atoms with Crippen LogP contribution in [0.5, 0.6) is 0 Å². The van der Waals surface area contributed by atoms with Crippen molar-refractivity contribution in [2.45, 2.75) is 58.3 Å². The molecule has 134 valence electrons. The van der Waals surface area contributed by atoms with Crippen LogP contribution in [-0.4, -0.2) is 41.4 Å². The van der Waals surface area contributed by atoms with Gasteiger partial charge in [0.1, 0.15) is 5.60 Å². The third-order valence-corrected chi connectivity index (χ3v) is 3.29. The molecule has 1 rings (SSSR count). The lowest BCUT2D eigenvalue weighted by Gasteiger charge is -2.26. The van der Waals surface area contributed by atoms with Gasteiger partial charge in [-0.2, -0.15) is 0 Å². The highest BCUT2D eigenvalue weighted by Crippen LogP contribution is 2.11. The molecule has 0 aliphatic heterocycles. The van der Waals surface area contributed by atoms with E-state index in [-0.39, 0.29) is 0 Å². The van der Waals surface area contributed by atoms with E-state index in [0.717, 1.165) is 5.56 Å². The zero-order valence-electron chi connectivity index (χ0n) is 14.8. The van der Waals surface area contributed by atoms with E-state index in [1.807, 2.05) is 30.3 Å². The fourth-order valence-corrected chi connectivity index (χ4v) is 2.20. The van der Waals surface area contributed by atoms with E-state index in [1.54, 1.807) is 27.7 Å². The van der Waals surface area contributed by atoms with Crippen molar-refractivity contribution in [1.29, 1.82) is 0 Å². The second kappa shape index (κ2) is 9.27. The lowest BCUT2D eigenvalue weighted by molar-refractivity contribution is -0.130. The molecule has 0 bridgehead atoms. The van der Waals surface area contributed by atoms with Crippen molar-refractivity contribution < 1.29 is 19.4 Å². The van der Waals surface area contributed by atoms with Gasteiger partial charge in [-0.15, -0.1) is 0 Å². The van der Waals surface area contributed by atoms with E-state index in [4.69, 9.17) is 4.74 Å². The van der Waals surface area contributed by atoms with Crippen molar-refractivity contribution >= 4 is 12.0 Å². The Hall–Kier alpha value is -2.08. The molecular weight excluding hydrogens is 308 g/mol. The van der Waals surface area contributed by atoms with Gasteiger partial charge in [-0.1, -0.05) is 30.3 Å². The van der Waals surface area contributed by atoms with Gasteiger partial charge in [-0.3, -0.25) is 4.79 Å². The Morgan fingerprint density at radius 2 is 1.83 bits per heavy atom. The summed E-state index contributed by atoms with van der Waals surface area (Å²) in [5.41, 5.74) is 0.418. The van der Waals surface area contributed by atoms with Gasteiger partial charge in [0.25, 0.3) is 5.91 Å². The van der Waals surface area contributed by atoms with Gasteiger partial charge in [-0.25, -0.2) is 4.79 Å². The Morgan fingerprint density at radius 1 is 1.21 bits per heavy atom. The number of aliphatic hydroxyl groups excluding tert-OH is 1. The smallest absolute Gasteiger partial charge is 0.407 e. The number of alkyl carbamates (subject to hydrolysis) is 1. The molecule has 2 atom stereocenters. The molecule has 0 saturated heterocycles. The number of carbonyl (C=O) groups excluding carboxylic acids is 2. The van der Waals surface area contributed by atoms with Gasteiger partial charge in [0.15, 0.2) is 6.10 Å². The summed E-state index contributed by atoms with van der Waals surface area (Å²) < 4.78 is 5.22. The van der Waals surface area contributed by atoms with Crippen molar-refractivity contribution in [3.8, 4) is 0 Å². The number of nitrogens with one attached hydrogen (secondary N) is 2. The van der Waals surface area contributed by atoms with Gasteiger partial charge < -0.3 is 20.5 Å². The first-order valence-electron chi connectivity index (χ1n) is 8.22. The van der Waals surface area contributed by atoms with Crippen molar-refractivity contribution in [3.63, 3.8) is 0 Å². The Balaban J connectivity index is 2.74. The minimum absolute atomic E-state index is 0.410. The molecule has 2 amide bonds. The number of hydrogen-bond acceptors (Lipinski definition) is 4. The van der Waals surface area contributed by atoms with Crippen LogP contribution < -0.4 is 10.6 Å². The Labute approximate surface area is 143 Å². The number of rotatable bonds is 7. The molecule has 6 heteroatoms. The molecule has 0 spiro atoms. The summed E-state index contributed by atoms with van der Waals surface area (Å²) >= 11 is 0. The number of ether oxygens (including phenoxy) is 1. The summed E-state index contributed by atoms with van der Waals surface area (Å²) in [7, 11) is 0. The molecule has 0 saturated carbocycles. The highest BCUT2D eigenvalue weighted by atomic mass is 16.6. The molecule has 0 aliphatic carbocycles. The quantitative estimate of drug-likeness (QED) is 0.711. The fraction of sp³-hybridized carbons (Fsp3) is 0.556. The zero-order valence-corrected chi connectivity index (χ0v) is 14.8. The minimum Gasteiger partial charge on any atom is -0.444 e. The number of likely N-dealkylation sites (N-methyl/N-ethyl adjacent to an activating group) is 1. The number of carbonyl (C=O) groups is 2. The van der Waals surface area contributed by atoms with E-state index in [1.165, 1.54) is 0 Å². The summed E-state index contributed by atoms with van der Waals surface area (Å²) in [6.07, 6.45) is -0.940. The standard InChI is InChI=1S/C18H28N2O4/c1-5-19-16(22)15(21)14(20-17(23)24-18(2,3)4)12-11-13-9-7-6-8-10-13/h6-10,14-15,21H,5,11-12H2,1-4H3,(H,19,22)(H,20,23)/t14?,15-/m0/s1. The van der Waals surface area contributed by atoms with E-state index >= 15 is 0 Å². The molecule has 0 aliphatic rings. The number of aryl methyl sites for hydroxylation is 1. The number of hydrogen-bond donors (Lipinski definition) is 3. The van der Waals surface area contributed by atoms with Gasteiger partial charge in [-0.05, 0) is 46.1 Å². The normalized spacial score (nSPS) is 13.7. The second-order valence-electron chi connectivity index (χ2n) is 6.62. The largest absolute Gasteiger partial charge is 0.444 e. The third-order valence-electron chi connectivity index (χ3n) is 3.29. The maximum absolute atomic E-state index is 12.0. The van der Waals surface area contributed by atoms with Gasteiger partial charge >= 0.3 is 6.09 Å². The van der Waals surface area contributed by atoms with Crippen molar-refractivity contribution in [1.82, 2.24) is 10.6 Å². The Morgan fingerprint density at radius 3 is 2.38 bits per heavy atom. The molecule has 24 heavy (non-hydrogen) atoms. The van der Waals surface area contributed by atoms with E-state index in [9.17, 15) is 14.7 Å². The minimum atomic E-state index is -1.33. The van der Waals surface area contributed by atoms with Crippen molar-refractivity contribution in [3.05, 3.63) is 35.9 Å². The molecule has 0 heterocycles. The predicted octanol–water partition coefficient (Wildman–Crippen LogP) is 2.01. The lowest BCUT2D eigenvalue weighted by atomic mass is 10.0. The first kappa shape index (κ1) is 20.0. The summed E-state index contributed by atoms with van der Waals surface area (Å²) in [5, 5.41) is 15.4. The van der Waals surface area contributed by atoms with E-state index < -0.39 is 29.7 Å². The van der Waals surface area contributed by atoms with Crippen LogP contribution >= 0.6 is 0 Å². The fourth-order valence-electron chi connectivity index (χ4n) is 2.20. The zero-order chi connectivity index (χ0) is 18.2. The van der Waals surface area contributed by atoms with Crippen LogP contribution in [0.3, 0.4) is 0 Å². The first-order chi connectivity index (χ1) is 11.2. The van der Waals surface area contributed by atoms with E-state index in [2.05, 4.69) is 10.6 Å². The van der Waals surface area contributed by atoms with Crippen LogP contribution in [0.15, 0.2) is 30.3 Å². The maximum atomic E-state index is 12.0. The molecular formula is C18H28N2O4. The monoisotopic (exact) mass is 336 g/mol. The average Bonchev–Trinajstić information content (AvgIpc) is 2.50. The summed E-state index contributed by atoms with van der Waals surface area (Å²) in [6, 6.07) is 8.96. The summed E-state index contributed by atoms with van der Waals surface area (Å²) in [6.45, 7) is 7.45. The molecule has 1 aromatic carbocycles. The predicted molar refractivity (Wildman–Crippen MR) is 92.6 cm³/mol. The summed E-state index contributed by atoms with van der Waals surface area (Å²) in [5.74, 6) is -0.508. The Bertz CT molecular complexity index is 526. The highest BCUT2D eigenvalue weighted by molar-refractivity contribution is 5.82. The molecule has 3 N–H and O–H groups in total. The maximum Gasteiger partial charge on any atom is 0.407 e. The van der Waals surface area contributed by atoms with E-state index in [0.29, 0.717) is 19.4 Å². The van der Waals surface area contributed by atoms with Gasteiger partial charge in [0.2, 0.25) is 0 Å². The topological polar surface area (TPSA) is 87.7 Å². The van der Waals surface area contributed by atoms with Crippen molar-refractivity contribution in [2.24, 2.45) is 0 Å². The van der Waals surface area contributed by atoms with Crippen LogP contribution in [0.2, 0.25) is 0 Å². The van der Waals surface area contributed by atoms with Crippen molar-refractivity contribution in [2.75, 3.05) is 6.54 Å². The SMILES string of the molecule is CCNC(=O)[C@@H](O)C(CCc1ccccc1)NC(=O)OC(C)(C)C. The van der Waals surface area contributed by atoms with Crippen LogP contribution in [0.4, 0.5) is 4.79 Å². The van der Waals surface area contributed by atoms with Crippen LogP contribution in [0.25, 0.3) is 0 Å². The molecule has 0 fully saturated rings. The molecule has 6 nitrogen and oxygen atoms in total. The lowest BCUT2D eigenvalue weighted by Crippen LogP contribution is -2.51. The number of aliphatic hydroxyl groups is 1. The number of amides is 2. The van der Waals surface area contributed by atoms with Crippen LogP contribution in [0, 0.1) is 0 Å². The Kier molecular flexibility index (Phi) is 7.71. The number of benzene rings is 1. The van der Waals surface area contributed by atoms with Gasteiger partial charge in [0.05, 0.1) is 6.04 Å². The van der Waals surface area contributed by atoms with Crippen LogP contribution in [-0.2, 0) is 16.0 Å². The molecule has 1 unspecified atom stereocenters. The summed E-state index contributed by atoms with van der Waals surface area (Å²) in [4.78, 5) is 23.9. The molecule has 0 aromatic heterocycles. The first-order valence-corrected chi connectivity index (χ1v) is 8.22. The van der Waals surface area contributed by atoms with Crippen LogP contribution in [0.1, 0.15) is 39.7 Å². The average molecular weight is 336 g/mol. The molecule has 1 aromatic rings. The second-order valence-corrected chi connectivity index (χ2v) is 6.62. The molecule has 0 radical (unpaired) electrons. The third kappa shape index (κ3) is 7.46. The highest BCUT2D eigenvalue weighted by Gasteiger charge is 2.28. The van der Waals surface area contributed by atoms with Gasteiger partial charge in [0, 0.05) is 6.54 Å².